The minimum absolute atomic E-state index is 0.0792. The van der Waals surface area contributed by atoms with Gasteiger partial charge >= 0.3 is 6.09 Å². The maximum atomic E-state index is 13.4. The second-order valence-corrected chi connectivity index (χ2v) is 5.64. The van der Waals surface area contributed by atoms with Crippen LogP contribution in [-0.4, -0.2) is 60.7 Å². The van der Waals surface area contributed by atoms with Gasteiger partial charge in [-0.25, -0.2) is 9.18 Å². The van der Waals surface area contributed by atoms with E-state index in [2.05, 4.69) is 0 Å². The van der Waals surface area contributed by atoms with Crippen LogP contribution in [0, 0.1) is 5.82 Å². The predicted octanol–water partition coefficient (Wildman–Crippen LogP) is 1.65. The quantitative estimate of drug-likeness (QED) is 0.846. The summed E-state index contributed by atoms with van der Waals surface area (Å²) in [6.45, 7) is 2.00. The molecule has 3 rings (SSSR count). The van der Waals surface area contributed by atoms with E-state index in [1.165, 1.54) is 12.1 Å². The summed E-state index contributed by atoms with van der Waals surface area (Å²) in [6, 6.07) is 6.14. The SMILES string of the molecule is O=C(COc1ccccc1F)N1CCC(N2CCOC2=O)CC1. The van der Waals surface area contributed by atoms with Gasteiger partial charge in [-0.15, -0.1) is 0 Å². The van der Waals surface area contributed by atoms with Crippen LogP contribution < -0.4 is 4.74 Å². The molecule has 2 fully saturated rings. The fraction of sp³-hybridized carbons (Fsp3) is 0.500. The number of ether oxygens (including phenoxy) is 2. The lowest BCUT2D eigenvalue weighted by molar-refractivity contribution is -0.134. The van der Waals surface area contributed by atoms with E-state index >= 15 is 0 Å². The first kappa shape index (κ1) is 15.6. The first-order valence-electron chi connectivity index (χ1n) is 7.73. The second kappa shape index (κ2) is 6.85. The highest BCUT2D eigenvalue weighted by Gasteiger charge is 2.33. The average molecular weight is 322 g/mol. The molecule has 0 N–H and O–H groups in total. The van der Waals surface area contributed by atoms with Gasteiger partial charge in [0.1, 0.15) is 6.61 Å². The predicted molar refractivity (Wildman–Crippen MR) is 79.6 cm³/mol. The van der Waals surface area contributed by atoms with Crippen LogP contribution in [0.3, 0.4) is 0 Å². The summed E-state index contributed by atoms with van der Waals surface area (Å²) in [5.41, 5.74) is 0. The molecule has 1 aromatic rings. The van der Waals surface area contributed by atoms with Gasteiger partial charge in [0.05, 0.1) is 6.54 Å². The maximum Gasteiger partial charge on any atom is 0.410 e. The van der Waals surface area contributed by atoms with Crippen LogP contribution in [0.1, 0.15) is 12.8 Å². The van der Waals surface area contributed by atoms with E-state index in [1.807, 2.05) is 0 Å². The van der Waals surface area contributed by atoms with Crippen molar-refractivity contribution in [1.82, 2.24) is 9.80 Å². The molecule has 0 spiro atoms. The molecular formula is C16H19FN2O4. The third-order valence-electron chi connectivity index (χ3n) is 4.24. The number of benzene rings is 1. The van der Waals surface area contributed by atoms with Gasteiger partial charge in [-0.1, -0.05) is 12.1 Å². The van der Waals surface area contributed by atoms with Crippen molar-refractivity contribution in [3.8, 4) is 5.75 Å². The molecule has 0 unspecified atom stereocenters. The molecule has 0 aromatic heterocycles. The van der Waals surface area contributed by atoms with E-state index in [0.717, 1.165) is 12.8 Å². The van der Waals surface area contributed by atoms with Gasteiger partial charge in [0.25, 0.3) is 5.91 Å². The molecule has 0 bridgehead atoms. The molecule has 2 aliphatic rings. The van der Waals surface area contributed by atoms with Crippen LogP contribution in [0.5, 0.6) is 5.75 Å². The first-order chi connectivity index (χ1) is 11.1. The molecule has 2 heterocycles. The summed E-state index contributed by atoms with van der Waals surface area (Å²) in [6.07, 6.45) is 1.18. The number of rotatable bonds is 4. The van der Waals surface area contributed by atoms with Gasteiger partial charge in [0.15, 0.2) is 18.2 Å². The van der Waals surface area contributed by atoms with Crippen LogP contribution >= 0.6 is 0 Å². The zero-order chi connectivity index (χ0) is 16.2. The largest absolute Gasteiger partial charge is 0.481 e. The van der Waals surface area contributed by atoms with Crippen molar-refractivity contribution in [3.05, 3.63) is 30.1 Å². The number of para-hydroxylation sites is 1. The zero-order valence-corrected chi connectivity index (χ0v) is 12.7. The Hall–Kier alpha value is -2.31. The van der Waals surface area contributed by atoms with Gasteiger partial charge in [0.2, 0.25) is 0 Å². The molecular weight excluding hydrogens is 303 g/mol. The molecule has 23 heavy (non-hydrogen) atoms. The van der Waals surface area contributed by atoms with Crippen molar-refractivity contribution < 1.29 is 23.5 Å². The molecule has 0 aliphatic carbocycles. The van der Waals surface area contributed by atoms with Crippen LogP contribution in [0.15, 0.2) is 24.3 Å². The normalized spacial score (nSPS) is 18.9. The van der Waals surface area contributed by atoms with Crippen LogP contribution in [-0.2, 0) is 9.53 Å². The number of hydrogen-bond acceptors (Lipinski definition) is 4. The maximum absolute atomic E-state index is 13.4. The van der Waals surface area contributed by atoms with Gasteiger partial charge < -0.3 is 19.3 Å². The summed E-state index contributed by atoms with van der Waals surface area (Å²) >= 11 is 0. The minimum atomic E-state index is -0.480. The molecule has 0 saturated carbocycles. The highest BCUT2D eigenvalue weighted by atomic mass is 19.1. The average Bonchev–Trinajstić information content (AvgIpc) is 3.00. The molecule has 7 heteroatoms. The van der Waals surface area contributed by atoms with E-state index in [-0.39, 0.29) is 30.4 Å². The molecule has 1 aromatic carbocycles. The van der Waals surface area contributed by atoms with Gasteiger partial charge in [-0.3, -0.25) is 4.79 Å². The van der Waals surface area contributed by atoms with Crippen molar-refractivity contribution in [2.75, 3.05) is 32.8 Å². The monoisotopic (exact) mass is 322 g/mol. The van der Waals surface area contributed by atoms with Crippen molar-refractivity contribution in [3.63, 3.8) is 0 Å². The van der Waals surface area contributed by atoms with Crippen molar-refractivity contribution in [2.45, 2.75) is 18.9 Å². The van der Waals surface area contributed by atoms with E-state index in [1.54, 1.807) is 21.9 Å². The standard InChI is InChI=1S/C16H19FN2O4/c17-13-3-1-2-4-14(13)23-11-15(20)18-7-5-12(6-8-18)19-9-10-22-16(19)21/h1-4,12H,5-11H2. The van der Waals surface area contributed by atoms with Crippen LogP contribution in [0.2, 0.25) is 0 Å². The molecule has 2 saturated heterocycles. The first-order valence-corrected chi connectivity index (χ1v) is 7.73. The minimum Gasteiger partial charge on any atom is -0.481 e. The molecule has 124 valence electrons. The molecule has 2 aliphatic heterocycles. The smallest absolute Gasteiger partial charge is 0.410 e. The van der Waals surface area contributed by atoms with E-state index < -0.39 is 5.82 Å². The summed E-state index contributed by atoms with van der Waals surface area (Å²) < 4.78 is 23.6. The fourth-order valence-corrected chi connectivity index (χ4v) is 2.96. The summed E-state index contributed by atoms with van der Waals surface area (Å²) in [5.74, 6) is -0.571. The third-order valence-corrected chi connectivity index (χ3v) is 4.24. The van der Waals surface area contributed by atoms with E-state index in [9.17, 15) is 14.0 Å². The third kappa shape index (κ3) is 3.55. The number of nitrogens with zero attached hydrogens (tertiary/aromatic N) is 2. The Bertz CT molecular complexity index is 587. The lowest BCUT2D eigenvalue weighted by Gasteiger charge is -2.35. The molecule has 0 radical (unpaired) electrons. The van der Waals surface area contributed by atoms with E-state index in [4.69, 9.17) is 9.47 Å². The van der Waals surface area contributed by atoms with Gasteiger partial charge in [-0.05, 0) is 25.0 Å². The Morgan fingerprint density at radius 3 is 2.65 bits per heavy atom. The Kier molecular flexibility index (Phi) is 4.64. The number of piperidine rings is 1. The van der Waals surface area contributed by atoms with Crippen molar-refractivity contribution >= 4 is 12.0 Å². The number of carbonyl (C=O) groups is 2. The van der Waals surface area contributed by atoms with Gasteiger partial charge in [-0.2, -0.15) is 0 Å². The highest BCUT2D eigenvalue weighted by molar-refractivity contribution is 5.78. The van der Waals surface area contributed by atoms with Crippen LogP contribution in [0.4, 0.5) is 9.18 Å². The van der Waals surface area contributed by atoms with Crippen molar-refractivity contribution in [2.24, 2.45) is 0 Å². The molecule has 0 atom stereocenters. The lowest BCUT2D eigenvalue weighted by Crippen LogP contribution is -2.48. The Morgan fingerprint density at radius 1 is 1.26 bits per heavy atom. The second-order valence-electron chi connectivity index (χ2n) is 5.64. The number of likely N-dealkylation sites (tertiary alicyclic amines) is 1. The Labute approximate surface area is 133 Å². The lowest BCUT2D eigenvalue weighted by atomic mass is 10.0. The van der Waals surface area contributed by atoms with Crippen molar-refractivity contribution in [1.29, 1.82) is 0 Å². The number of halogens is 1. The summed E-state index contributed by atoms with van der Waals surface area (Å²) in [4.78, 5) is 27.1. The zero-order valence-electron chi connectivity index (χ0n) is 12.7. The molecule has 6 nitrogen and oxygen atoms in total. The number of amides is 2. The fourth-order valence-electron chi connectivity index (χ4n) is 2.96. The number of carbonyl (C=O) groups excluding carboxylic acids is 2. The Morgan fingerprint density at radius 2 is 2.00 bits per heavy atom. The summed E-state index contributed by atoms with van der Waals surface area (Å²) in [5, 5.41) is 0. The number of hydrogen-bond donors (Lipinski definition) is 0. The van der Waals surface area contributed by atoms with Crippen LogP contribution in [0.25, 0.3) is 0 Å². The van der Waals surface area contributed by atoms with Gasteiger partial charge in [0, 0.05) is 19.1 Å². The topological polar surface area (TPSA) is 59.1 Å². The number of cyclic esters (lactones) is 1. The van der Waals surface area contributed by atoms with E-state index in [0.29, 0.717) is 26.2 Å². The molecule has 2 amide bonds. The summed E-state index contributed by atoms with van der Waals surface area (Å²) in [7, 11) is 0. The Balaban J connectivity index is 1.47. The highest BCUT2D eigenvalue weighted by Crippen LogP contribution is 2.20.